The van der Waals surface area contributed by atoms with E-state index in [0.717, 1.165) is 13.1 Å². The number of hydrogen-bond acceptors (Lipinski definition) is 2. The van der Waals surface area contributed by atoms with Crippen molar-refractivity contribution >= 4 is 0 Å². The third-order valence-electron chi connectivity index (χ3n) is 4.71. The van der Waals surface area contributed by atoms with Crippen LogP contribution in [0.25, 0.3) is 0 Å². The van der Waals surface area contributed by atoms with Crippen LogP contribution < -0.4 is 5.73 Å². The minimum absolute atomic E-state index is 0.312. The zero-order valence-electron chi connectivity index (χ0n) is 12.8. The minimum Gasteiger partial charge on any atom is -0.330 e. The third kappa shape index (κ3) is 3.18. The first-order valence-corrected chi connectivity index (χ1v) is 7.49. The highest BCUT2D eigenvalue weighted by Crippen LogP contribution is 2.34. The second kappa shape index (κ2) is 5.64. The number of benzene rings is 1. The van der Waals surface area contributed by atoms with Crippen LogP contribution in [0.3, 0.4) is 0 Å². The number of nitrogens with two attached hydrogens (primary N) is 1. The molecule has 1 saturated heterocycles. The SMILES string of the molecule is CC(C)c1ccc(C(C)N2CCC(C)(CN)C2)cc1. The molecule has 2 atom stereocenters. The summed E-state index contributed by atoms with van der Waals surface area (Å²) in [4.78, 5) is 2.57. The van der Waals surface area contributed by atoms with Gasteiger partial charge in [0.15, 0.2) is 0 Å². The van der Waals surface area contributed by atoms with Crippen molar-refractivity contribution in [2.24, 2.45) is 11.1 Å². The first-order valence-electron chi connectivity index (χ1n) is 7.49. The summed E-state index contributed by atoms with van der Waals surface area (Å²) in [6.45, 7) is 12.2. The Labute approximate surface area is 118 Å². The fraction of sp³-hybridized carbons (Fsp3) is 0.647. The van der Waals surface area contributed by atoms with Gasteiger partial charge in [0.2, 0.25) is 0 Å². The van der Waals surface area contributed by atoms with Crippen molar-refractivity contribution in [1.82, 2.24) is 4.90 Å². The Hall–Kier alpha value is -0.860. The summed E-state index contributed by atoms with van der Waals surface area (Å²) in [5, 5.41) is 0. The molecule has 1 aliphatic rings. The van der Waals surface area contributed by atoms with Gasteiger partial charge in [0.05, 0.1) is 0 Å². The molecule has 2 rings (SSSR count). The molecule has 2 nitrogen and oxygen atoms in total. The highest BCUT2D eigenvalue weighted by Gasteiger charge is 2.34. The molecular weight excluding hydrogens is 232 g/mol. The molecular formula is C17H28N2. The zero-order chi connectivity index (χ0) is 14.0. The normalized spacial score (nSPS) is 26.0. The van der Waals surface area contributed by atoms with E-state index in [0.29, 0.717) is 17.4 Å². The standard InChI is InChI=1S/C17H28N2/c1-13(2)15-5-7-16(8-6-15)14(3)19-10-9-17(4,11-18)12-19/h5-8,13-14H,9-12,18H2,1-4H3. The molecule has 0 saturated carbocycles. The molecule has 1 heterocycles. The van der Waals surface area contributed by atoms with Crippen LogP contribution in [0.1, 0.15) is 57.2 Å². The predicted molar refractivity (Wildman–Crippen MR) is 82.3 cm³/mol. The van der Waals surface area contributed by atoms with Crippen molar-refractivity contribution in [3.8, 4) is 0 Å². The minimum atomic E-state index is 0.312. The van der Waals surface area contributed by atoms with Crippen LogP contribution in [-0.4, -0.2) is 24.5 Å². The number of hydrogen-bond donors (Lipinski definition) is 1. The summed E-state index contributed by atoms with van der Waals surface area (Å²) in [6, 6.07) is 9.62. The summed E-state index contributed by atoms with van der Waals surface area (Å²) >= 11 is 0. The Balaban J connectivity index is 2.06. The van der Waals surface area contributed by atoms with Crippen LogP contribution >= 0.6 is 0 Å². The van der Waals surface area contributed by atoms with E-state index in [4.69, 9.17) is 5.73 Å². The van der Waals surface area contributed by atoms with Crippen LogP contribution in [-0.2, 0) is 0 Å². The van der Waals surface area contributed by atoms with Crippen LogP contribution in [0, 0.1) is 5.41 Å². The van der Waals surface area contributed by atoms with E-state index in [1.54, 1.807) is 0 Å². The molecule has 1 aromatic carbocycles. The summed E-state index contributed by atoms with van der Waals surface area (Å²) in [6.07, 6.45) is 1.22. The average molecular weight is 260 g/mol. The lowest BCUT2D eigenvalue weighted by Crippen LogP contribution is -2.32. The lowest BCUT2D eigenvalue weighted by molar-refractivity contribution is 0.227. The van der Waals surface area contributed by atoms with E-state index >= 15 is 0 Å². The fourth-order valence-corrected chi connectivity index (χ4v) is 2.93. The summed E-state index contributed by atoms with van der Waals surface area (Å²) in [5.41, 5.74) is 9.05. The second-order valence-electron chi connectivity index (χ2n) is 6.73. The molecule has 2 unspecified atom stereocenters. The Morgan fingerprint density at radius 1 is 1.16 bits per heavy atom. The van der Waals surface area contributed by atoms with Crippen LogP contribution in [0.15, 0.2) is 24.3 Å². The van der Waals surface area contributed by atoms with E-state index in [1.165, 1.54) is 24.1 Å². The molecule has 19 heavy (non-hydrogen) atoms. The summed E-state index contributed by atoms with van der Waals surface area (Å²) in [5.74, 6) is 0.608. The monoisotopic (exact) mass is 260 g/mol. The Kier molecular flexibility index (Phi) is 4.32. The van der Waals surface area contributed by atoms with Crippen LogP contribution in [0.4, 0.5) is 0 Å². The molecule has 2 heteroatoms. The smallest absolute Gasteiger partial charge is 0.0320 e. The second-order valence-corrected chi connectivity index (χ2v) is 6.73. The number of rotatable bonds is 4. The van der Waals surface area contributed by atoms with Crippen molar-refractivity contribution in [2.45, 2.75) is 46.1 Å². The molecule has 0 aromatic heterocycles. The first kappa shape index (κ1) is 14.5. The zero-order valence-corrected chi connectivity index (χ0v) is 12.8. The van der Waals surface area contributed by atoms with Crippen molar-refractivity contribution in [3.05, 3.63) is 35.4 Å². The van der Waals surface area contributed by atoms with E-state index in [2.05, 4.69) is 56.9 Å². The predicted octanol–water partition coefficient (Wildman–Crippen LogP) is 3.54. The molecule has 1 fully saturated rings. The molecule has 0 amide bonds. The number of nitrogens with zero attached hydrogens (tertiary/aromatic N) is 1. The van der Waals surface area contributed by atoms with E-state index in [1.807, 2.05) is 0 Å². The van der Waals surface area contributed by atoms with Crippen molar-refractivity contribution in [1.29, 1.82) is 0 Å². The molecule has 0 bridgehead atoms. The molecule has 0 spiro atoms. The van der Waals surface area contributed by atoms with Crippen molar-refractivity contribution in [2.75, 3.05) is 19.6 Å². The van der Waals surface area contributed by atoms with Gasteiger partial charge in [-0.1, -0.05) is 45.0 Å². The lowest BCUT2D eigenvalue weighted by atomic mass is 9.90. The molecule has 0 radical (unpaired) electrons. The van der Waals surface area contributed by atoms with Gasteiger partial charge in [-0.3, -0.25) is 4.90 Å². The summed E-state index contributed by atoms with van der Waals surface area (Å²) < 4.78 is 0. The molecule has 0 aliphatic carbocycles. The van der Waals surface area contributed by atoms with Gasteiger partial charge in [0, 0.05) is 12.6 Å². The first-order chi connectivity index (χ1) is 8.95. The van der Waals surface area contributed by atoms with Crippen molar-refractivity contribution < 1.29 is 0 Å². The largest absolute Gasteiger partial charge is 0.330 e. The molecule has 1 aromatic rings. The van der Waals surface area contributed by atoms with Gasteiger partial charge in [0.1, 0.15) is 0 Å². The van der Waals surface area contributed by atoms with Crippen LogP contribution in [0.2, 0.25) is 0 Å². The highest BCUT2D eigenvalue weighted by molar-refractivity contribution is 5.26. The quantitative estimate of drug-likeness (QED) is 0.897. The summed E-state index contributed by atoms with van der Waals surface area (Å²) in [7, 11) is 0. The maximum absolute atomic E-state index is 5.90. The van der Waals surface area contributed by atoms with Gasteiger partial charge >= 0.3 is 0 Å². The maximum Gasteiger partial charge on any atom is 0.0320 e. The van der Waals surface area contributed by atoms with Gasteiger partial charge < -0.3 is 5.73 Å². The average Bonchev–Trinajstić information content (AvgIpc) is 2.81. The van der Waals surface area contributed by atoms with Crippen LogP contribution in [0.5, 0.6) is 0 Å². The number of likely N-dealkylation sites (tertiary alicyclic amines) is 1. The Morgan fingerprint density at radius 3 is 2.21 bits per heavy atom. The highest BCUT2D eigenvalue weighted by atomic mass is 15.2. The van der Waals surface area contributed by atoms with E-state index < -0.39 is 0 Å². The van der Waals surface area contributed by atoms with Gasteiger partial charge in [-0.25, -0.2) is 0 Å². The van der Waals surface area contributed by atoms with Gasteiger partial charge in [0.25, 0.3) is 0 Å². The van der Waals surface area contributed by atoms with E-state index in [9.17, 15) is 0 Å². The van der Waals surface area contributed by atoms with Gasteiger partial charge in [-0.15, -0.1) is 0 Å². The van der Waals surface area contributed by atoms with E-state index in [-0.39, 0.29) is 0 Å². The van der Waals surface area contributed by atoms with Gasteiger partial charge in [-0.2, -0.15) is 0 Å². The fourth-order valence-electron chi connectivity index (χ4n) is 2.93. The molecule has 1 aliphatic heterocycles. The van der Waals surface area contributed by atoms with Gasteiger partial charge in [-0.05, 0) is 48.9 Å². The molecule has 106 valence electrons. The maximum atomic E-state index is 5.90. The van der Waals surface area contributed by atoms with Crippen molar-refractivity contribution in [3.63, 3.8) is 0 Å². The molecule has 2 N–H and O–H groups in total. The topological polar surface area (TPSA) is 29.3 Å². The third-order valence-corrected chi connectivity index (χ3v) is 4.71. The Morgan fingerprint density at radius 2 is 1.74 bits per heavy atom. The lowest BCUT2D eigenvalue weighted by Gasteiger charge is -2.27. The Bertz CT molecular complexity index is 410.